The molecule has 1 nitrogen and oxygen atoms in total. The Morgan fingerprint density at radius 1 is 0.857 bits per heavy atom. The van der Waals surface area contributed by atoms with Crippen molar-refractivity contribution in [2.75, 3.05) is 28.2 Å². The molecule has 0 N–H and O–H groups in total. The second-order valence-electron chi connectivity index (χ2n) is 2.68. The molecule has 0 saturated heterocycles. The maximum absolute atomic E-state index is 2.12. The molecule has 0 fully saturated rings. The topological polar surface area (TPSA) is 0 Å². The van der Waals surface area contributed by atoms with Crippen molar-refractivity contribution >= 4 is 0 Å². The first kappa shape index (κ1) is 15.7. The van der Waals surface area contributed by atoms with Gasteiger partial charge < -0.3 is 16.9 Å². The van der Waals surface area contributed by atoms with E-state index in [4.69, 9.17) is 0 Å². The van der Waals surface area contributed by atoms with E-state index in [1.165, 1.54) is 0 Å². The molecule has 0 spiro atoms. The quantitative estimate of drug-likeness (QED) is 0.277. The van der Waals surface area contributed by atoms with Gasteiger partial charge in [-0.05, 0) is 0 Å². The van der Waals surface area contributed by atoms with Crippen molar-refractivity contribution in [1.29, 1.82) is 0 Å². The minimum atomic E-state index is 0. The van der Waals surface area contributed by atoms with E-state index in [1.54, 1.807) is 0 Å². The normalized spacial score (nSPS) is 8.57. The molecule has 0 aromatic carbocycles. The van der Waals surface area contributed by atoms with Crippen molar-refractivity contribution in [2.45, 2.75) is 0 Å². The van der Waals surface area contributed by atoms with Gasteiger partial charge in [-0.25, -0.2) is 0 Å². The molecule has 3 heteroatoms. The summed E-state index contributed by atoms with van der Waals surface area (Å²) in [6, 6.07) is 0. The summed E-state index contributed by atoms with van der Waals surface area (Å²) in [5, 5.41) is 0. The Labute approximate surface area is 62.6 Å². The second-order valence-corrected chi connectivity index (χ2v) is 2.68. The van der Waals surface area contributed by atoms with Crippen molar-refractivity contribution < 1.29 is 34.0 Å². The number of quaternary nitrogens is 1. The maximum Gasteiger partial charge on any atom is 0.0675 e. The third-order valence-corrected chi connectivity index (χ3v) is 0. The minimum Gasteiger partial charge on any atom is -1.00 e. The molecule has 0 rings (SSSR count). The molecule has 0 aliphatic rings. The van der Waals surface area contributed by atoms with Crippen LogP contribution in [0.1, 0.15) is 0 Å². The molecule has 0 saturated carbocycles. The molecule has 1 radical (unpaired) electrons. The van der Waals surface area contributed by atoms with Crippen molar-refractivity contribution in [3.8, 4) is 0 Å². The monoisotopic (exact) mass is 172 g/mol. The van der Waals surface area contributed by atoms with Gasteiger partial charge in [0.05, 0.1) is 28.2 Å². The van der Waals surface area contributed by atoms with E-state index >= 15 is 0 Å². The second kappa shape index (κ2) is 4.92. The number of hydrogen-bond acceptors (Lipinski definition) is 0. The Hall–Kier alpha value is 0.769. The van der Waals surface area contributed by atoms with Gasteiger partial charge in [0.2, 0.25) is 0 Å². The molecule has 0 unspecified atom stereocenters. The van der Waals surface area contributed by atoms with Crippen LogP contribution in [0.4, 0.5) is 0 Å². The van der Waals surface area contributed by atoms with E-state index in [-0.39, 0.29) is 29.5 Å². The average molecular weight is 173 g/mol. The predicted octanol–water partition coefficient (Wildman–Crippen LogP) is -2.68. The molecular formula is C4H12ClCuN. The van der Waals surface area contributed by atoms with Gasteiger partial charge in [-0.3, -0.25) is 0 Å². The molecule has 7 heavy (non-hydrogen) atoms. The molecule has 0 bridgehead atoms. The van der Waals surface area contributed by atoms with E-state index in [0.717, 1.165) is 4.48 Å². The van der Waals surface area contributed by atoms with Gasteiger partial charge in [0.1, 0.15) is 0 Å². The van der Waals surface area contributed by atoms with E-state index in [1.807, 2.05) is 0 Å². The molecule has 0 aliphatic carbocycles. The van der Waals surface area contributed by atoms with Crippen molar-refractivity contribution in [3.63, 3.8) is 0 Å². The summed E-state index contributed by atoms with van der Waals surface area (Å²) in [6.07, 6.45) is 0. The Bertz CT molecular complexity index is 27.2. The van der Waals surface area contributed by atoms with Gasteiger partial charge >= 0.3 is 0 Å². The maximum atomic E-state index is 2.12. The summed E-state index contributed by atoms with van der Waals surface area (Å²) >= 11 is 0. The predicted molar refractivity (Wildman–Crippen MR) is 24.0 cm³/mol. The van der Waals surface area contributed by atoms with Gasteiger partial charge in [-0.1, -0.05) is 0 Å². The Balaban J connectivity index is -0.0000000800. The summed E-state index contributed by atoms with van der Waals surface area (Å²) in [7, 11) is 8.50. The fraction of sp³-hybridized carbons (Fsp3) is 1.00. The van der Waals surface area contributed by atoms with E-state index in [0.29, 0.717) is 0 Å². The Morgan fingerprint density at radius 2 is 0.857 bits per heavy atom. The van der Waals surface area contributed by atoms with Crippen LogP contribution in [-0.4, -0.2) is 32.7 Å². The molecule has 0 aromatic heterocycles. The minimum absolute atomic E-state index is 0. The molecule has 0 heterocycles. The van der Waals surface area contributed by atoms with Crippen LogP contribution in [0.3, 0.4) is 0 Å². The van der Waals surface area contributed by atoms with Crippen molar-refractivity contribution in [1.82, 2.24) is 0 Å². The zero-order chi connectivity index (χ0) is 4.50. The van der Waals surface area contributed by atoms with Crippen LogP contribution in [0.5, 0.6) is 0 Å². The number of hydrogen-bond donors (Lipinski definition) is 0. The van der Waals surface area contributed by atoms with Gasteiger partial charge in [0, 0.05) is 17.1 Å². The first-order valence-corrected chi connectivity index (χ1v) is 1.79. The molecule has 0 atom stereocenters. The third kappa shape index (κ3) is 260. The largest absolute Gasteiger partial charge is 1.00 e. The first-order chi connectivity index (χ1) is 2.00. The van der Waals surface area contributed by atoms with Crippen LogP contribution in [-0.2, 0) is 17.1 Å². The summed E-state index contributed by atoms with van der Waals surface area (Å²) in [6.45, 7) is 0. The van der Waals surface area contributed by atoms with Crippen LogP contribution >= 0.6 is 0 Å². The van der Waals surface area contributed by atoms with Crippen molar-refractivity contribution in [2.24, 2.45) is 0 Å². The fourth-order valence-corrected chi connectivity index (χ4v) is 0. The fourth-order valence-electron chi connectivity index (χ4n) is 0. The third-order valence-electron chi connectivity index (χ3n) is 0. The smallest absolute Gasteiger partial charge is 0.0675 e. The zero-order valence-corrected chi connectivity index (χ0v) is 6.82. The summed E-state index contributed by atoms with van der Waals surface area (Å²) in [4.78, 5) is 0. The van der Waals surface area contributed by atoms with E-state index in [2.05, 4.69) is 28.2 Å². The average Bonchev–Trinajstić information content (AvgIpc) is 0.722. The first-order valence-electron chi connectivity index (χ1n) is 1.79. The van der Waals surface area contributed by atoms with Crippen molar-refractivity contribution in [3.05, 3.63) is 0 Å². The molecule has 51 valence electrons. The molecule has 0 amide bonds. The molecule has 0 aromatic rings. The molecular weight excluding hydrogens is 161 g/mol. The van der Waals surface area contributed by atoms with Crippen LogP contribution < -0.4 is 12.4 Å². The molecule has 0 aliphatic heterocycles. The van der Waals surface area contributed by atoms with Gasteiger partial charge in [-0.2, -0.15) is 0 Å². The van der Waals surface area contributed by atoms with Gasteiger partial charge in [0.25, 0.3) is 0 Å². The summed E-state index contributed by atoms with van der Waals surface area (Å²) in [5.74, 6) is 0. The van der Waals surface area contributed by atoms with E-state index < -0.39 is 0 Å². The Morgan fingerprint density at radius 3 is 0.857 bits per heavy atom. The van der Waals surface area contributed by atoms with Crippen LogP contribution in [0.2, 0.25) is 0 Å². The summed E-state index contributed by atoms with van der Waals surface area (Å²) in [5.41, 5.74) is 0. The van der Waals surface area contributed by atoms with Gasteiger partial charge in [0.15, 0.2) is 0 Å². The van der Waals surface area contributed by atoms with Crippen LogP contribution in [0.25, 0.3) is 0 Å². The Kier molecular flexibility index (Phi) is 11.0. The van der Waals surface area contributed by atoms with Crippen LogP contribution in [0.15, 0.2) is 0 Å². The van der Waals surface area contributed by atoms with E-state index in [9.17, 15) is 0 Å². The SMILES string of the molecule is C[N+](C)(C)C.[Cl-].[Cu]. The zero-order valence-electron chi connectivity index (χ0n) is 5.13. The summed E-state index contributed by atoms with van der Waals surface area (Å²) < 4.78 is 1.00. The van der Waals surface area contributed by atoms with Gasteiger partial charge in [-0.15, -0.1) is 0 Å². The van der Waals surface area contributed by atoms with Crippen LogP contribution in [0, 0.1) is 0 Å². The number of rotatable bonds is 0. The standard InChI is InChI=1S/C4H12N.ClH.Cu/c1-5(2,3)4;;/h1-4H3;1H;/q+1;;/p-1. The number of nitrogens with zero attached hydrogens (tertiary/aromatic N) is 1. The number of halogens is 1.